The largest absolute Gasteiger partial charge is 0.0991 e. The van der Waals surface area contributed by atoms with Gasteiger partial charge >= 0.3 is 0 Å². The topological polar surface area (TPSA) is 0 Å². The summed E-state index contributed by atoms with van der Waals surface area (Å²) in [5.41, 5.74) is 2.35. The first kappa shape index (κ1) is 15.4. The molecule has 92 valence electrons. The third-order valence-electron chi connectivity index (χ3n) is 2.73. The van der Waals surface area contributed by atoms with Gasteiger partial charge in [-0.25, -0.2) is 0 Å². The predicted octanol–water partition coefficient (Wildman–Crippen LogP) is 5.29. The minimum Gasteiger partial charge on any atom is -0.0991 e. The molecule has 0 atom stereocenters. The van der Waals surface area contributed by atoms with Gasteiger partial charge in [0.15, 0.2) is 0 Å². The lowest BCUT2D eigenvalue weighted by Crippen LogP contribution is -2.18. The van der Waals surface area contributed by atoms with Crippen LogP contribution in [0.4, 0.5) is 0 Å². The van der Waals surface area contributed by atoms with E-state index in [1.54, 1.807) is 6.08 Å². The number of rotatable bonds is 4. The van der Waals surface area contributed by atoms with Crippen molar-refractivity contribution in [1.29, 1.82) is 0 Å². The van der Waals surface area contributed by atoms with Crippen LogP contribution in [0.2, 0.25) is 0 Å². The zero-order valence-corrected chi connectivity index (χ0v) is 11.5. The predicted molar refractivity (Wildman–Crippen MR) is 79.3 cm³/mol. The average molecular weight is 228 g/mol. The molecule has 0 aliphatic rings. The minimum atomic E-state index is -0.0270. The quantitative estimate of drug-likeness (QED) is 0.614. The molecule has 0 saturated carbocycles. The fourth-order valence-corrected chi connectivity index (χ4v) is 1.43. The molecular weight excluding hydrogens is 204 g/mol. The maximum absolute atomic E-state index is 4.11. The van der Waals surface area contributed by atoms with Gasteiger partial charge < -0.3 is 0 Å². The average Bonchev–Trinajstić information content (AvgIpc) is 2.39. The van der Waals surface area contributed by atoms with E-state index >= 15 is 0 Å². The molecule has 0 radical (unpaired) electrons. The first-order valence-corrected chi connectivity index (χ1v) is 6.13. The summed E-state index contributed by atoms with van der Waals surface area (Å²) in [5, 5.41) is 0. The second-order valence-corrected chi connectivity index (χ2v) is 4.11. The highest BCUT2D eigenvalue weighted by atomic mass is 14.2. The Bertz CT molecular complexity index is 366. The van der Waals surface area contributed by atoms with Gasteiger partial charge in [0.25, 0.3) is 0 Å². The summed E-state index contributed by atoms with van der Waals surface area (Å²) in [6.07, 6.45) is 5.71. The Morgan fingerprint density at radius 2 is 1.65 bits per heavy atom. The molecule has 0 aromatic heterocycles. The van der Waals surface area contributed by atoms with Crippen LogP contribution in [0.25, 0.3) is 0 Å². The molecule has 0 spiro atoms. The highest BCUT2D eigenvalue weighted by molar-refractivity contribution is 5.38. The number of hydrogen-bond acceptors (Lipinski definition) is 0. The minimum absolute atomic E-state index is 0.0270. The lowest BCUT2D eigenvalue weighted by Gasteiger charge is -2.26. The molecule has 0 bridgehead atoms. The van der Waals surface area contributed by atoms with Crippen molar-refractivity contribution in [3.63, 3.8) is 0 Å². The van der Waals surface area contributed by atoms with E-state index < -0.39 is 0 Å². The lowest BCUT2D eigenvalue weighted by molar-refractivity contribution is 0.642. The van der Waals surface area contributed by atoms with Crippen molar-refractivity contribution in [3.8, 4) is 0 Å². The van der Waals surface area contributed by atoms with Crippen LogP contribution in [-0.2, 0) is 5.41 Å². The third kappa shape index (κ3) is 4.44. The fourth-order valence-electron chi connectivity index (χ4n) is 1.43. The molecular formula is C17H24. The molecule has 17 heavy (non-hydrogen) atoms. The van der Waals surface area contributed by atoms with Crippen molar-refractivity contribution in [2.24, 2.45) is 0 Å². The molecule has 0 amide bonds. The van der Waals surface area contributed by atoms with Gasteiger partial charge in [-0.1, -0.05) is 89.4 Å². The molecule has 0 aliphatic carbocycles. The van der Waals surface area contributed by atoms with Gasteiger partial charge in [0, 0.05) is 5.41 Å². The smallest absolute Gasteiger partial charge is 0.0140 e. The van der Waals surface area contributed by atoms with E-state index in [0.29, 0.717) is 0 Å². The normalized spacial score (nSPS) is 10.6. The van der Waals surface area contributed by atoms with Gasteiger partial charge in [-0.05, 0) is 11.1 Å². The van der Waals surface area contributed by atoms with Crippen LogP contribution < -0.4 is 0 Å². The highest BCUT2D eigenvalue weighted by Gasteiger charge is 2.21. The molecule has 0 heteroatoms. The van der Waals surface area contributed by atoms with Crippen LogP contribution in [0.5, 0.6) is 0 Å². The zero-order chi connectivity index (χ0) is 13.3. The molecule has 1 rings (SSSR count). The Kier molecular flexibility index (Phi) is 6.97. The molecule has 0 heterocycles. The summed E-state index contributed by atoms with van der Waals surface area (Å²) in [6.45, 7) is 16.1. The van der Waals surface area contributed by atoms with E-state index in [-0.39, 0.29) is 5.41 Å². The second-order valence-electron chi connectivity index (χ2n) is 4.11. The SMILES string of the molecule is C=C/C=C\C(=C)C(C)(C)c1ccccc1.CC. The molecule has 0 saturated heterocycles. The maximum atomic E-state index is 4.11. The first-order valence-electron chi connectivity index (χ1n) is 6.13. The third-order valence-corrected chi connectivity index (χ3v) is 2.73. The molecule has 1 aromatic carbocycles. The Morgan fingerprint density at radius 3 is 2.12 bits per heavy atom. The van der Waals surface area contributed by atoms with Crippen LogP contribution >= 0.6 is 0 Å². The summed E-state index contributed by atoms with van der Waals surface area (Å²) < 4.78 is 0. The van der Waals surface area contributed by atoms with Crippen LogP contribution in [0, 0.1) is 0 Å². The van der Waals surface area contributed by atoms with Gasteiger partial charge in [-0.3, -0.25) is 0 Å². The summed E-state index contributed by atoms with van der Waals surface area (Å²) in [6, 6.07) is 10.4. The molecule has 0 N–H and O–H groups in total. The Morgan fingerprint density at radius 1 is 1.12 bits per heavy atom. The Labute approximate surface area is 106 Å². The maximum Gasteiger partial charge on any atom is 0.0140 e. The zero-order valence-electron chi connectivity index (χ0n) is 11.5. The standard InChI is InChI=1S/C15H18.C2H6/c1-5-6-10-13(2)15(3,4)14-11-8-7-9-12-14;1-2/h5-12H,1-2H2,3-4H3;1-2H3/b10-6-;. The fraction of sp³-hybridized carbons (Fsp3) is 0.294. The number of hydrogen-bond donors (Lipinski definition) is 0. The van der Waals surface area contributed by atoms with Crippen molar-refractivity contribution < 1.29 is 0 Å². The van der Waals surface area contributed by atoms with Crippen molar-refractivity contribution in [1.82, 2.24) is 0 Å². The Balaban J connectivity index is 0.00000121. The summed E-state index contributed by atoms with van der Waals surface area (Å²) in [5.74, 6) is 0. The lowest BCUT2D eigenvalue weighted by atomic mass is 9.78. The van der Waals surface area contributed by atoms with Crippen LogP contribution in [0.1, 0.15) is 33.3 Å². The van der Waals surface area contributed by atoms with Gasteiger partial charge in [0.05, 0.1) is 0 Å². The van der Waals surface area contributed by atoms with E-state index in [4.69, 9.17) is 0 Å². The van der Waals surface area contributed by atoms with Crippen LogP contribution in [0.15, 0.2) is 67.3 Å². The summed E-state index contributed by atoms with van der Waals surface area (Å²) in [7, 11) is 0. The molecule has 0 fully saturated rings. The molecule has 1 aromatic rings. The van der Waals surface area contributed by atoms with Gasteiger partial charge in [0.2, 0.25) is 0 Å². The van der Waals surface area contributed by atoms with Crippen LogP contribution in [0.3, 0.4) is 0 Å². The molecule has 0 unspecified atom stereocenters. The van der Waals surface area contributed by atoms with Crippen molar-refractivity contribution >= 4 is 0 Å². The van der Waals surface area contributed by atoms with Gasteiger partial charge in [-0.15, -0.1) is 0 Å². The molecule has 0 aliphatic heterocycles. The van der Waals surface area contributed by atoms with E-state index in [1.165, 1.54) is 5.56 Å². The number of allylic oxidation sites excluding steroid dienone is 4. The first-order chi connectivity index (χ1) is 8.09. The van der Waals surface area contributed by atoms with E-state index in [9.17, 15) is 0 Å². The van der Waals surface area contributed by atoms with Gasteiger partial charge in [0.1, 0.15) is 0 Å². The summed E-state index contributed by atoms with van der Waals surface area (Å²) in [4.78, 5) is 0. The summed E-state index contributed by atoms with van der Waals surface area (Å²) >= 11 is 0. The monoisotopic (exact) mass is 228 g/mol. The van der Waals surface area contributed by atoms with Gasteiger partial charge in [-0.2, -0.15) is 0 Å². The van der Waals surface area contributed by atoms with Crippen molar-refractivity contribution in [2.75, 3.05) is 0 Å². The van der Waals surface area contributed by atoms with E-state index in [0.717, 1.165) is 5.57 Å². The highest BCUT2D eigenvalue weighted by Crippen LogP contribution is 2.30. The van der Waals surface area contributed by atoms with Crippen LogP contribution in [-0.4, -0.2) is 0 Å². The van der Waals surface area contributed by atoms with Crippen molar-refractivity contribution in [3.05, 3.63) is 72.9 Å². The van der Waals surface area contributed by atoms with E-state index in [2.05, 4.69) is 51.3 Å². The van der Waals surface area contributed by atoms with Crippen molar-refractivity contribution in [2.45, 2.75) is 33.1 Å². The second kappa shape index (κ2) is 7.67. The molecule has 0 nitrogen and oxygen atoms in total. The van der Waals surface area contributed by atoms with E-state index in [1.807, 2.05) is 32.1 Å². The Hall–Kier alpha value is -1.56. The number of benzene rings is 1.